The van der Waals surface area contributed by atoms with Crippen LogP contribution >= 0.6 is 15.9 Å². The lowest BCUT2D eigenvalue weighted by atomic mass is 9.96. The summed E-state index contributed by atoms with van der Waals surface area (Å²) in [6.45, 7) is 11.9. The van der Waals surface area contributed by atoms with Crippen molar-refractivity contribution in [2.24, 2.45) is 5.92 Å². The molecule has 0 saturated heterocycles. The van der Waals surface area contributed by atoms with Crippen molar-refractivity contribution in [3.05, 3.63) is 16.5 Å². The van der Waals surface area contributed by atoms with Gasteiger partial charge >= 0.3 is 0 Å². The Hall–Kier alpha value is -0.640. The molecule has 0 unspecified atom stereocenters. The molecule has 0 atom stereocenters. The van der Waals surface area contributed by atoms with Gasteiger partial charge in [-0.25, -0.2) is 9.97 Å². The number of halogens is 1. The fraction of sp³-hybridized carbons (Fsp3) is 0.714. The van der Waals surface area contributed by atoms with Gasteiger partial charge in [-0.3, -0.25) is 0 Å². The highest BCUT2D eigenvalue weighted by Gasteiger charge is 2.19. The van der Waals surface area contributed by atoms with E-state index in [4.69, 9.17) is 0 Å². The fourth-order valence-electron chi connectivity index (χ4n) is 1.50. The molecule has 102 valence electrons. The van der Waals surface area contributed by atoms with E-state index in [0.717, 1.165) is 22.8 Å². The molecule has 0 spiro atoms. The van der Waals surface area contributed by atoms with Crippen molar-refractivity contribution >= 4 is 21.7 Å². The van der Waals surface area contributed by atoms with E-state index in [0.29, 0.717) is 5.92 Å². The Labute approximate surface area is 119 Å². The maximum absolute atomic E-state index is 4.67. The number of hydrogen-bond donors (Lipinski definition) is 0. The quantitative estimate of drug-likeness (QED) is 0.786. The summed E-state index contributed by atoms with van der Waals surface area (Å²) >= 11 is 3.48. The molecule has 0 amide bonds. The second kappa shape index (κ2) is 6.00. The van der Waals surface area contributed by atoms with Crippen molar-refractivity contribution in [3.63, 3.8) is 0 Å². The molecule has 1 aromatic rings. The van der Waals surface area contributed by atoms with E-state index < -0.39 is 0 Å². The maximum atomic E-state index is 4.67. The van der Waals surface area contributed by atoms with E-state index >= 15 is 0 Å². The van der Waals surface area contributed by atoms with Crippen molar-refractivity contribution in [1.29, 1.82) is 0 Å². The van der Waals surface area contributed by atoms with Gasteiger partial charge in [-0.2, -0.15) is 0 Å². The summed E-state index contributed by atoms with van der Waals surface area (Å²) in [5, 5.41) is 0. The number of aromatic nitrogens is 2. The first-order valence-electron chi connectivity index (χ1n) is 6.46. The predicted octanol–water partition coefficient (Wildman–Crippen LogP) is 4.02. The SMILES string of the molecule is CC(C)CCN(C)c1cc(Br)nc(C(C)(C)C)n1. The first kappa shape index (κ1) is 15.4. The van der Waals surface area contributed by atoms with Gasteiger partial charge in [0, 0.05) is 25.1 Å². The monoisotopic (exact) mass is 313 g/mol. The highest BCUT2D eigenvalue weighted by molar-refractivity contribution is 9.10. The molecule has 0 aliphatic rings. The molecular formula is C14H24BrN3. The smallest absolute Gasteiger partial charge is 0.137 e. The summed E-state index contributed by atoms with van der Waals surface area (Å²) in [6, 6.07) is 1.98. The van der Waals surface area contributed by atoms with Crippen molar-refractivity contribution in [2.45, 2.75) is 46.5 Å². The van der Waals surface area contributed by atoms with Crippen molar-refractivity contribution < 1.29 is 0 Å². The normalized spacial score (nSPS) is 12.0. The molecule has 0 N–H and O–H groups in total. The zero-order valence-corrected chi connectivity index (χ0v) is 13.9. The lowest BCUT2D eigenvalue weighted by Crippen LogP contribution is -2.24. The first-order chi connectivity index (χ1) is 8.20. The third-order valence-corrected chi connectivity index (χ3v) is 3.19. The van der Waals surface area contributed by atoms with Crippen LogP contribution in [0.3, 0.4) is 0 Å². The van der Waals surface area contributed by atoms with Crippen LogP contribution in [0.4, 0.5) is 5.82 Å². The fourth-order valence-corrected chi connectivity index (χ4v) is 1.88. The minimum Gasteiger partial charge on any atom is -0.360 e. The minimum absolute atomic E-state index is 0.0303. The Bertz CT molecular complexity index is 397. The van der Waals surface area contributed by atoms with Gasteiger partial charge in [-0.1, -0.05) is 34.6 Å². The molecule has 0 saturated carbocycles. The Morgan fingerprint density at radius 3 is 2.39 bits per heavy atom. The summed E-state index contributed by atoms with van der Waals surface area (Å²) in [7, 11) is 2.09. The van der Waals surface area contributed by atoms with Crippen LogP contribution < -0.4 is 4.90 Å². The third-order valence-electron chi connectivity index (χ3n) is 2.79. The Morgan fingerprint density at radius 1 is 1.28 bits per heavy atom. The van der Waals surface area contributed by atoms with Gasteiger partial charge in [0.2, 0.25) is 0 Å². The van der Waals surface area contributed by atoms with E-state index in [-0.39, 0.29) is 5.41 Å². The Kier molecular flexibility index (Phi) is 5.14. The van der Waals surface area contributed by atoms with Crippen LogP contribution in [0.25, 0.3) is 0 Å². The molecular weight excluding hydrogens is 290 g/mol. The van der Waals surface area contributed by atoms with Gasteiger partial charge in [0.1, 0.15) is 16.2 Å². The number of nitrogens with zero attached hydrogens (tertiary/aromatic N) is 3. The van der Waals surface area contributed by atoms with E-state index in [1.54, 1.807) is 0 Å². The van der Waals surface area contributed by atoms with E-state index in [1.165, 1.54) is 6.42 Å². The van der Waals surface area contributed by atoms with Crippen LogP contribution in [-0.4, -0.2) is 23.6 Å². The van der Waals surface area contributed by atoms with Crippen molar-refractivity contribution in [3.8, 4) is 0 Å². The predicted molar refractivity (Wildman–Crippen MR) is 81.2 cm³/mol. The van der Waals surface area contributed by atoms with Gasteiger partial charge in [0.25, 0.3) is 0 Å². The van der Waals surface area contributed by atoms with Crippen molar-refractivity contribution in [2.75, 3.05) is 18.5 Å². The number of anilines is 1. The molecule has 0 fully saturated rings. The molecule has 1 aromatic heterocycles. The largest absolute Gasteiger partial charge is 0.360 e. The molecule has 0 aromatic carbocycles. The number of hydrogen-bond acceptors (Lipinski definition) is 3. The van der Waals surface area contributed by atoms with Crippen LogP contribution in [-0.2, 0) is 5.41 Å². The zero-order valence-electron chi connectivity index (χ0n) is 12.3. The summed E-state index contributed by atoms with van der Waals surface area (Å²) < 4.78 is 0.855. The van der Waals surface area contributed by atoms with Gasteiger partial charge in [-0.05, 0) is 28.3 Å². The van der Waals surface area contributed by atoms with Gasteiger partial charge in [0.15, 0.2) is 0 Å². The topological polar surface area (TPSA) is 29.0 Å². The van der Waals surface area contributed by atoms with Gasteiger partial charge in [-0.15, -0.1) is 0 Å². The minimum atomic E-state index is -0.0303. The zero-order chi connectivity index (χ0) is 13.9. The lowest BCUT2D eigenvalue weighted by molar-refractivity contribution is 0.540. The first-order valence-corrected chi connectivity index (χ1v) is 7.25. The number of rotatable bonds is 4. The van der Waals surface area contributed by atoms with Crippen LogP contribution in [0.2, 0.25) is 0 Å². The Balaban J connectivity index is 2.92. The van der Waals surface area contributed by atoms with E-state index in [2.05, 4.69) is 72.5 Å². The second-order valence-corrected chi connectivity index (χ2v) is 7.04. The summed E-state index contributed by atoms with van der Waals surface area (Å²) in [5.41, 5.74) is -0.0303. The van der Waals surface area contributed by atoms with E-state index in [1.807, 2.05) is 6.07 Å². The molecule has 0 radical (unpaired) electrons. The molecule has 3 nitrogen and oxygen atoms in total. The average molecular weight is 314 g/mol. The standard InChI is InChI=1S/C14H24BrN3/c1-10(2)7-8-18(6)12-9-11(15)16-13(17-12)14(3,4)5/h9-10H,7-8H2,1-6H3. The molecule has 0 aliphatic heterocycles. The van der Waals surface area contributed by atoms with Crippen LogP contribution in [0.5, 0.6) is 0 Å². The third kappa shape index (κ3) is 4.56. The summed E-state index contributed by atoms with van der Waals surface area (Å²) in [5.74, 6) is 2.57. The molecule has 18 heavy (non-hydrogen) atoms. The van der Waals surface area contributed by atoms with Gasteiger partial charge in [0.05, 0.1) is 0 Å². The molecule has 1 heterocycles. The molecule has 1 rings (SSSR count). The van der Waals surface area contributed by atoms with Crippen molar-refractivity contribution in [1.82, 2.24) is 9.97 Å². The molecule has 0 bridgehead atoms. The van der Waals surface area contributed by atoms with Gasteiger partial charge < -0.3 is 4.90 Å². The molecule has 0 aliphatic carbocycles. The maximum Gasteiger partial charge on any atom is 0.137 e. The average Bonchev–Trinajstić information content (AvgIpc) is 2.23. The second-order valence-electron chi connectivity index (χ2n) is 6.23. The summed E-state index contributed by atoms with van der Waals surface area (Å²) in [6.07, 6.45) is 1.17. The van der Waals surface area contributed by atoms with E-state index in [9.17, 15) is 0 Å². The highest BCUT2D eigenvalue weighted by atomic mass is 79.9. The molecule has 4 heteroatoms. The van der Waals surface area contributed by atoms with Crippen LogP contribution in [0, 0.1) is 5.92 Å². The summed E-state index contributed by atoms with van der Waals surface area (Å²) in [4.78, 5) is 11.3. The van der Waals surface area contributed by atoms with Crippen LogP contribution in [0.15, 0.2) is 10.7 Å². The highest BCUT2D eigenvalue weighted by Crippen LogP contribution is 2.24. The van der Waals surface area contributed by atoms with Crippen LogP contribution in [0.1, 0.15) is 46.9 Å². The Morgan fingerprint density at radius 2 is 1.89 bits per heavy atom. The lowest BCUT2D eigenvalue weighted by Gasteiger charge is -2.23.